The van der Waals surface area contributed by atoms with E-state index in [-0.39, 0.29) is 17.9 Å². The van der Waals surface area contributed by atoms with E-state index in [9.17, 15) is 4.79 Å². The maximum absolute atomic E-state index is 13.9. The Morgan fingerprint density at radius 3 is 1.51 bits per heavy atom. The molecule has 0 fully saturated rings. The fraction of sp³-hybridized carbons (Fsp3) is 0.800. The molecule has 1 amide bonds. The average molecular weight is 638 g/mol. The van der Waals surface area contributed by atoms with Gasteiger partial charge < -0.3 is 23.2 Å². The van der Waals surface area contributed by atoms with Gasteiger partial charge in [-0.2, -0.15) is 0 Å². The van der Waals surface area contributed by atoms with E-state index in [2.05, 4.69) is 109 Å². The zero-order chi connectivity index (χ0) is 33.3. The van der Waals surface area contributed by atoms with E-state index in [1.54, 1.807) is 14.2 Å². The van der Waals surface area contributed by atoms with E-state index in [1.165, 1.54) is 0 Å². The van der Waals surface area contributed by atoms with Crippen LogP contribution in [-0.2, 0) is 13.6 Å². The predicted molar refractivity (Wildman–Crippen MR) is 187 cm³/mol. The first-order valence-corrected chi connectivity index (χ1v) is 21.1. The summed E-state index contributed by atoms with van der Waals surface area (Å²) < 4.78 is 26.3. The average Bonchev–Trinajstić information content (AvgIpc) is 2.92. The second kappa shape index (κ2) is 17.4. The lowest BCUT2D eigenvalue weighted by molar-refractivity contribution is -0.133. The second-order valence-corrected chi connectivity index (χ2v) is 25.0. The zero-order valence-corrected chi connectivity index (χ0v) is 32.7. The Morgan fingerprint density at radius 1 is 0.698 bits per heavy atom. The Bertz CT molecular complexity index is 931. The van der Waals surface area contributed by atoms with Gasteiger partial charge in [0.2, 0.25) is 14.2 Å². The van der Waals surface area contributed by atoms with Crippen molar-refractivity contribution in [1.29, 1.82) is 0 Å². The quantitative estimate of drug-likeness (QED) is 0.141. The third-order valence-corrected chi connectivity index (χ3v) is 22.2. The Hall–Kier alpha value is -1.36. The Labute approximate surface area is 267 Å². The highest BCUT2D eigenvalue weighted by atomic mass is 28.4. The minimum Gasteiger partial charge on any atom is -0.493 e. The molecule has 0 unspecified atom stereocenters. The van der Waals surface area contributed by atoms with Crippen LogP contribution in [0.25, 0.3) is 0 Å². The van der Waals surface area contributed by atoms with E-state index in [0.29, 0.717) is 70.9 Å². The molecule has 8 heteroatoms. The number of hydrogen-bond acceptors (Lipinski definition) is 5. The summed E-state index contributed by atoms with van der Waals surface area (Å²) in [6.45, 7) is 33.8. The van der Waals surface area contributed by atoms with Crippen LogP contribution in [0.1, 0.15) is 115 Å². The molecule has 0 spiro atoms. The molecule has 2 atom stereocenters. The van der Waals surface area contributed by atoms with Crippen molar-refractivity contribution >= 4 is 22.5 Å². The molecule has 0 saturated heterocycles. The van der Waals surface area contributed by atoms with Gasteiger partial charge in [0, 0.05) is 32.0 Å². The minimum atomic E-state index is -2.36. The molecule has 0 aromatic heterocycles. The van der Waals surface area contributed by atoms with Crippen molar-refractivity contribution in [1.82, 2.24) is 4.90 Å². The Kier molecular flexibility index (Phi) is 16.0. The van der Waals surface area contributed by atoms with Crippen LogP contribution in [0.5, 0.6) is 11.5 Å². The predicted octanol–water partition coefficient (Wildman–Crippen LogP) is 10.0. The molecule has 0 radical (unpaired) electrons. The number of amides is 1. The fourth-order valence-corrected chi connectivity index (χ4v) is 19.1. The monoisotopic (exact) mass is 637 g/mol. The van der Waals surface area contributed by atoms with Crippen LogP contribution in [0, 0.1) is 5.92 Å². The van der Waals surface area contributed by atoms with E-state index in [0.717, 1.165) is 5.56 Å². The molecule has 0 aliphatic heterocycles. The third kappa shape index (κ3) is 8.89. The summed E-state index contributed by atoms with van der Waals surface area (Å²) in [7, 11) is -1.23. The van der Waals surface area contributed by atoms with E-state index in [1.807, 2.05) is 11.0 Å². The lowest BCUT2D eigenvalue weighted by atomic mass is 9.92. The minimum absolute atomic E-state index is 0.155. The maximum Gasteiger partial charge on any atom is 0.223 e. The van der Waals surface area contributed by atoms with Gasteiger partial charge in [-0.15, -0.1) is 0 Å². The van der Waals surface area contributed by atoms with Gasteiger partial charge >= 0.3 is 0 Å². The number of hydrogen-bond donors (Lipinski definition) is 0. The van der Waals surface area contributed by atoms with Gasteiger partial charge in [0.15, 0.2) is 19.8 Å². The summed E-state index contributed by atoms with van der Waals surface area (Å²) >= 11 is 0. The van der Waals surface area contributed by atoms with E-state index in [4.69, 9.17) is 18.3 Å². The zero-order valence-electron chi connectivity index (χ0n) is 30.7. The van der Waals surface area contributed by atoms with Crippen LogP contribution in [0.2, 0.25) is 33.2 Å². The van der Waals surface area contributed by atoms with Gasteiger partial charge in [0.25, 0.3) is 0 Å². The summed E-state index contributed by atoms with van der Waals surface area (Å²) in [5.74, 6) is 1.36. The van der Waals surface area contributed by atoms with Gasteiger partial charge in [0.05, 0.1) is 20.3 Å². The highest BCUT2D eigenvalue weighted by Crippen LogP contribution is 2.49. The lowest BCUT2D eigenvalue weighted by Crippen LogP contribution is -2.51. The van der Waals surface area contributed by atoms with Crippen molar-refractivity contribution in [2.75, 3.05) is 33.9 Å². The molecule has 0 aliphatic rings. The number of carbonyl (C=O) groups excluding carboxylic acids is 1. The van der Waals surface area contributed by atoms with Crippen molar-refractivity contribution in [2.45, 2.75) is 143 Å². The topological polar surface area (TPSA) is 57.2 Å². The molecular formula is C35H67NO5Si2. The molecular weight excluding hydrogens is 571 g/mol. The smallest absolute Gasteiger partial charge is 0.223 e. The van der Waals surface area contributed by atoms with Gasteiger partial charge in [0.1, 0.15) is 0 Å². The SMILES string of the molecule is CCN(CC)C(=O)C[C@@H](CO[Si](C(C)C)(C(C)C)C(C)C)[C@@H](O[Si](C(C)C)(C(C)C)C(C)C)c1ccc(OC)c(OC)c1. The third-order valence-electron chi connectivity index (χ3n) is 10.0. The first-order valence-electron chi connectivity index (χ1n) is 16.8. The molecule has 0 N–H and O–H groups in total. The number of benzene rings is 1. The van der Waals surface area contributed by atoms with Crippen molar-refractivity contribution in [3.8, 4) is 11.5 Å². The van der Waals surface area contributed by atoms with Gasteiger partial charge in [-0.1, -0.05) is 89.2 Å². The van der Waals surface area contributed by atoms with Crippen molar-refractivity contribution in [3.05, 3.63) is 23.8 Å². The molecule has 1 aromatic rings. The summed E-state index contributed by atoms with van der Waals surface area (Å²) in [6.07, 6.45) is 0.0504. The standard InChI is InChI=1S/C35H67NO5Si2/c1-17-36(18-2)34(37)22-31(23-40-42(24(3)4,25(5)6)26(7)8)35(30-19-20-32(38-15)33(21-30)39-16)41-43(27(9)10,28(11)12)29(13)14/h19-21,24-29,31,35H,17-18,22-23H2,1-16H3/t31-,35-/m0/s1. The molecule has 6 nitrogen and oxygen atoms in total. The highest BCUT2D eigenvalue weighted by Gasteiger charge is 2.50. The van der Waals surface area contributed by atoms with Gasteiger partial charge in [-0.05, 0) is 64.8 Å². The van der Waals surface area contributed by atoms with Gasteiger partial charge in [-0.3, -0.25) is 4.79 Å². The number of ether oxygens (including phenoxy) is 2. The molecule has 0 heterocycles. The lowest BCUT2D eigenvalue weighted by Gasteiger charge is -2.47. The van der Waals surface area contributed by atoms with E-state index < -0.39 is 16.6 Å². The molecule has 0 saturated carbocycles. The van der Waals surface area contributed by atoms with Crippen LogP contribution in [-0.4, -0.2) is 61.4 Å². The summed E-state index contributed by atoms with van der Waals surface area (Å²) in [5.41, 5.74) is 3.54. The van der Waals surface area contributed by atoms with Crippen LogP contribution in [0.15, 0.2) is 18.2 Å². The van der Waals surface area contributed by atoms with Crippen LogP contribution < -0.4 is 9.47 Å². The van der Waals surface area contributed by atoms with Gasteiger partial charge in [-0.25, -0.2) is 0 Å². The van der Waals surface area contributed by atoms with Crippen molar-refractivity contribution in [2.24, 2.45) is 5.92 Å². The number of methoxy groups -OCH3 is 2. The Morgan fingerprint density at radius 2 is 1.14 bits per heavy atom. The van der Waals surface area contributed by atoms with E-state index >= 15 is 0 Å². The number of rotatable bonds is 19. The summed E-state index contributed by atoms with van der Waals surface area (Å²) in [6, 6.07) is 6.11. The number of carbonyl (C=O) groups is 1. The normalized spacial score (nSPS) is 14.4. The molecule has 1 rings (SSSR count). The Balaban J connectivity index is 3.99. The summed E-state index contributed by atoms with van der Waals surface area (Å²) in [5, 5.41) is 0. The second-order valence-electron chi connectivity index (χ2n) is 14.1. The summed E-state index contributed by atoms with van der Waals surface area (Å²) in [4.78, 5) is 15.8. The molecule has 250 valence electrons. The van der Waals surface area contributed by atoms with Crippen LogP contribution >= 0.6 is 0 Å². The van der Waals surface area contributed by atoms with Crippen LogP contribution in [0.3, 0.4) is 0 Å². The highest BCUT2D eigenvalue weighted by molar-refractivity contribution is 6.78. The largest absolute Gasteiger partial charge is 0.493 e. The van der Waals surface area contributed by atoms with Crippen LogP contribution in [0.4, 0.5) is 0 Å². The maximum atomic E-state index is 13.9. The first-order chi connectivity index (χ1) is 20.0. The number of nitrogens with zero attached hydrogens (tertiary/aromatic N) is 1. The van der Waals surface area contributed by atoms with Crippen molar-refractivity contribution < 1.29 is 23.1 Å². The fourth-order valence-electron chi connectivity index (χ4n) is 8.03. The molecule has 0 bridgehead atoms. The molecule has 1 aromatic carbocycles. The molecule has 43 heavy (non-hydrogen) atoms. The first kappa shape index (κ1) is 39.7. The van der Waals surface area contributed by atoms with Crippen molar-refractivity contribution in [3.63, 3.8) is 0 Å². The molecule has 0 aliphatic carbocycles.